The summed E-state index contributed by atoms with van der Waals surface area (Å²) in [5.41, 5.74) is 9.98. The molecule has 0 aromatic heterocycles. The molecule has 4 amide bonds. The Balaban J connectivity index is 1.29. The Morgan fingerprint density at radius 2 is 1.50 bits per heavy atom. The van der Waals surface area contributed by atoms with Gasteiger partial charge in [0.15, 0.2) is 0 Å². The van der Waals surface area contributed by atoms with Crippen LogP contribution in [0.1, 0.15) is 85.3 Å². The zero-order valence-corrected chi connectivity index (χ0v) is 42.1. The van der Waals surface area contributed by atoms with Crippen LogP contribution < -0.4 is 26.4 Å². The van der Waals surface area contributed by atoms with E-state index in [0.29, 0.717) is 21.9 Å². The number of guanidine groups is 1. The molecule has 0 heterocycles. The zero-order valence-electron chi connectivity index (χ0n) is 38.8. The maximum atomic E-state index is 14.1. The molecule has 4 aromatic rings. The molecule has 1 saturated carbocycles. The maximum absolute atomic E-state index is 14.1. The number of aryl methyl sites for hydroxylation is 2. The number of likely N-dealkylation sites (N-methyl/N-ethyl adjacent to an activating group) is 1. The molecular formula is C49H61N7O8S4. The minimum atomic E-state index is -4.00. The first-order valence-corrected chi connectivity index (χ1v) is 27.3. The molecule has 0 bridgehead atoms. The zero-order chi connectivity index (χ0) is 49.1. The molecule has 1 fully saturated rings. The van der Waals surface area contributed by atoms with E-state index in [-0.39, 0.29) is 36.3 Å². The quantitative estimate of drug-likeness (QED) is 0.0123. The number of ether oxygens (including phenoxy) is 1. The van der Waals surface area contributed by atoms with Gasteiger partial charge < -0.3 is 31.3 Å². The Morgan fingerprint density at radius 3 is 2.19 bits per heavy atom. The van der Waals surface area contributed by atoms with E-state index < -0.39 is 64.7 Å². The van der Waals surface area contributed by atoms with Crippen molar-refractivity contribution in [2.75, 3.05) is 31.2 Å². The third kappa shape index (κ3) is 16.9. The van der Waals surface area contributed by atoms with Gasteiger partial charge in [-0.05, 0) is 94.3 Å². The minimum Gasteiger partial charge on any atom is -0.462 e. The molecule has 0 spiro atoms. The summed E-state index contributed by atoms with van der Waals surface area (Å²) in [4.78, 5) is 76.0. The average Bonchev–Trinajstić information content (AvgIpc) is 3.32. The maximum Gasteiger partial charge on any atom is 0.308 e. The normalized spacial score (nSPS) is 14.0. The number of nitrogens with zero attached hydrogens (tertiary/aromatic N) is 2. The van der Waals surface area contributed by atoms with Gasteiger partial charge in [0.05, 0.1) is 29.1 Å². The SMILES string of the molecule is CCSSc1ccccc1C(=O)N(C)[C@@H](CCCN=C(N)NS(=O)(=O)c1ccc(C)cc1)C(=O)NCC(=O)N[C@@H](CC(=O)OC1CCCCC1)C(=O)Nc1ccccc1SCc1ccc(C)cc1. The largest absolute Gasteiger partial charge is 0.462 e. The lowest BCUT2D eigenvalue weighted by Gasteiger charge is -2.28. The Hall–Kier alpha value is -5.50. The van der Waals surface area contributed by atoms with Crippen LogP contribution >= 0.6 is 33.3 Å². The number of benzene rings is 4. The van der Waals surface area contributed by atoms with E-state index >= 15 is 0 Å². The molecule has 0 saturated heterocycles. The molecule has 0 unspecified atom stereocenters. The van der Waals surface area contributed by atoms with Crippen molar-refractivity contribution in [3.05, 3.63) is 119 Å². The predicted octanol–water partition coefficient (Wildman–Crippen LogP) is 7.38. The fraction of sp³-hybridized carbons (Fsp3) is 0.388. The van der Waals surface area contributed by atoms with Crippen LogP contribution in [0.15, 0.2) is 117 Å². The van der Waals surface area contributed by atoms with Crippen LogP contribution in [0.2, 0.25) is 0 Å². The van der Waals surface area contributed by atoms with E-state index in [1.807, 2.05) is 69.3 Å². The van der Waals surface area contributed by atoms with Gasteiger partial charge in [0.2, 0.25) is 23.7 Å². The van der Waals surface area contributed by atoms with Gasteiger partial charge in [0.1, 0.15) is 18.2 Å². The Kier molecular flexibility index (Phi) is 21.1. The Labute approximate surface area is 411 Å². The summed E-state index contributed by atoms with van der Waals surface area (Å²) in [6.45, 7) is 5.26. The first-order chi connectivity index (χ1) is 32.6. The Bertz CT molecular complexity index is 2480. The second-order valence-corrected chi connectivity index (χ2v) is 21.6. The second-order valence-electron chi connectivity index (χ2n) is 16.3. The lowest BCUT2D eigenvalue weighted by atomic mass is 9.98. The van der Waals surface area contributed by atoms with Gasteiger partial charge in [-0.25, -0.2) is 13.1 Å². The summed E-state index contributed by atoms with van der Waals surface area (Å²) < 4.78 is 33.7. The van der Waals surface area contributed by atoms with Crippen LogP contribution in [0.25, 0.3) is 0 Å². The van der Waals surface area contributed by atoms with Crippen LogP contribution in [0.3, 0.4) is 0 Å². The van der Waals surface area contributed by atoms with Crippen LogP contribution in [0.4, 0.5) is 5.69 Å². The molecule has 68 heavy (non-hydrogen) atoms. The smallest absolute Gasteiger partial charge is 0.308 e. The van der Waals surface area contributed by atoms with E-state index in [1.54, 1.807) is 47.2 Å². The summed E-state index contributed by atoms with van der Waals surface area (Å²) in [5, 5.41) is 8.16. The van der Waals surface area contributed by atoms with Crippen molar-refractivity contribution in [1.29, 1.82) is 0 Å². The number of para-hydroxylation sites is 1. The van der Waals surface area contributed by atoms with Crippen molar-refractivity contribution in [2.45, 2.75) is 111 Å². The molecule has 1 aliphatic rings. The number of hydrogen-bond acceptors (Lipinski definition) is 12. The molecule has 4 aromatic carbocycles. The summed E-state index contributed by atoms with van der Waals surface area (Å²) in [5.74, 6) is -2.04. The number of sulfonamides is 1. The standard InChI is InChI=1S/C49H61N7O8S4/c1-5-66-67-42-19-11-9-16-38(42)48(61)56(4)41(18-13-29-51-49(50)55-68(62,63)37-27-23-34(3)24-28-37)47(60)52-31-44(57)53-40(30-45(58)64-36-14-7-6-8-15-36)46(59)54-39-17-10-12-20-43(39)65-32-35-25-21-33(2)22-26-35/h9-12,16-17,19-28,36,40-41H,5-8,13-15,18,29-32H2,1-4H3,(H,52,60)(H,53,57)(H,54,59)(H3,50,51,55)/t40-,41-/m0/s1. The van der Waals surface area contributed by atoms with Gasteiger partial charge in [0, 0.05) is 34.9 Å². The lowest BCUT2D eigenvalue weighted by Crippen LogP contribution is -2.52. The summed E-state index contributed by atoms with van der Waals surface area (Å²) in [6.07, 6.45) is 3.88. The number of aliphatic imine (C=N–C) groups is 1. The number of rotatable bonds is 23. The molecule has 19 heteroatoms. The summed E-state index contributed by atoms with van der Waals surface area (Å²) >= 11 is 1.53. The lowest BCUT2D eigenvalue weighted by molar-refractivity contribution is -0.152. The van der Waals surface area contributed by atoms with Gasteiger partial charge >= 0.3 is 5.97 Å². The van der Waals surface area contributed by atoms with Crippen LogP contribution in [-0.4, -0.2) is 93.0 Å². The fourth-order valence-corrected chi connectivity index (χ4v) is 10.9. The Morgan fingerprint density at radius 1 is 0.853 bits per heavy atom. The van der Waals surface area contributed by atoms with Crippen molar-refractivity contribution in [3.8, 4) is 0 Å². The molecule has 364 valence electrons. The molecule has 1 aliphatic carbocycles. The topological polar surface area (TPSA) is 218 Å². The molecule has 0 radical (unpaired) electrons. The molecule has 15 nitrogen and oxygen atoms in total. The third-order valence-electron chi connectivity index (χ3n) is 10.9. The monoisotopic (exact) mass is 1000 g/mol. The van der Waals surface area contributed by atoms with E-state index in [2.05, 4.69) is 25.7 Å². The predicted molar refractivity (Wildman–Crippen MR) is 272 cm³/mol. The van der Waals surface area contributed by atoms with Crippen molar-refractivity contribution in [1.82, 2.24) is 20.3 Å². The molecular weight excluding hydrogens is 943 g/mol. The summed E-state index contributed by atoms with van der Waals surface area (Å²) in [6, 6.07) is 26.2. The molecule has 0 aliphatic heterocycles. The van der Waals surface area contributed by atoms with Gasteiger partial charge in [-0.1, -0.05) is 107 Å². The van der Waals surface area contributed by atoms with Crippen molar-refractivity contribution in [3.63, 3.8) is 0 Å². The summed E-state index contributed by atoms with van der Waals surface area (Å²) in [7, 11) is 0.493. The van der Waals surface area contributed by atoms with E-state index in [1.165, 1.54) is 46.6 Å². The molecule has 5 rings (SSSR count). The highest BCUT2D eigenvalue weighted by Crippen LogP contribution is 2.34. The first kappa shape index (κ1) is 53.5. The first-order valence-electron chi connectivity index (χ1n) is 22.5. The van der Waals surface area contributed by atoms with Crippen molar-refractivity contribution >= 4 is 84.6 Å². The highest BCUT2D eigenvalue weighted by molar-refractivity contribution is 8.76. The highest BCUT2D eigenvalue weighted by Gasteiger charge is 2.31. The fourth-order valence-electron chi connectivity index (χ4n) is 7.19. The van der Waals surface area contributed by atoms with Gasteiger partial charge in [-0.15, -0.1) is 11.8 Å². The average molecular weight is 1000 g/mol. The molecule has 2 atom stereocenters. The second kappa shape index (κ2) is 26.9. The number of hydrogen-bond donors (Lipinski definition) is 5. The number of nitrogens with two attached hydrogens (primary N) is 1. The third-order valence-corrected chi connectivity index (χ3v) is 15.9. The number of thioether (sulfide) groups is 1. The van der Waals surface area contributed by atoms with Gasteiger partial charge in [-0.3, -0.25) is 29.0 Å². The van der Waals surface area contributed by atoms with Gasteiger partial charge in [-0.2, -0.15) is 0 Å². The number of carbonyl (C=O) groups excluding carboxylic acids is 5. The van der Waals surface area contributed by atoms with E-state index in [0.717, 1.165) is 59.4 Å². The highest BCUT2D eigenvalue weighted by atomic mass is 33.1. The van der Waals surface area contributed by atoms with E-state index in [4.69, 9.17) is 10.5 Å². The van der Waals surface area contributed by atoms with E-state index in [9.17, 15) is 32.4 Å². The number of nitrogens with one attached hydrogen (secondary N) is 4. The minimum absolute atomic E-state index is 0.00450. The van der Waals surface area contributed by atoms with Crippen molar-refractivity contribution in [2.24, 2.45) is 10.7 Å². The van der Waals surface area contributed by atoms with Crippen molar-refractivity contribution < 1.29 is 37.1 Å². The van der Waals surface area contributed by atoms with Crippen LogP contribution in [0, 0.1) is 13.8 Å². The number of amides is 4. The van der Waals surface area contributed by atoms with Crippen LogP contribution in [-0.2, 0) is 39.7 Å². The molecule has 6 N–H and O–H groups in total. The van der Waals surface area contributed by atoms with Gasteiger partial charge in [0.25, 0.3) is 15.9 Å². The number of carbonyl (C=O) groups is 5. The van der Waals surface area contributed by atoms with Crippen LogP contribution in [0.5, 0.6) is 0 Å². The number of anilines is 1. The number of esters is 1.